The van der Waals surface area contributed by atoms with E-state index in [1.165, 1.54) is 0 Å². The molecule has 2 rings (SSSR count). The van der Waals surface area contributed by atoms with Gasteiger partial charge in [0.05, 0.1) is 11.6 Å². The van der Waals surface area contributed by atoms with Crippen molar-refractivity contribution in [3.05, 3.63) is 28.5 Å². The van der Waals surface area contributed by atoms with Gasteiger partial charge in [0.25, 0.3) is 0 Å². The first-order valence-corrected chi connectivity index (χ1v) is 5.20. The molecule has 0 amide bonds. The Hall–Kier alpha value is -0.740. The van der Waals surface area contributed by atoms with Crippen molar-refractivity contribution in [2.24, 2.45) is 0 Å². The second-order valence-corrected chi connectivity index (χ2v) is 3.96. The first-order valence-electron chi connectivity index (χ1n) is 4.82. The maximum Gasteiger partial charge on any atom is 0.248 e. The van der Waals surface area contributed by atoms with Crippen LogP contribution in [0, 0.1) is 0 Å². The van der Waals surface area contributed by atoms with Gasteiger partial charge in [0, 0.05) is 6.54 Å². The van der Waals surface area contributed by atoms with Crippen molar-refractivity contribution in [2.45, 2.75) is 18.8 Å². The van der Waals surface area contributed by atoms with Crippen LogP contribution in [0.2, 0.25) is 5.15 Å². The summed E-state index contributed by atoms with van der Waals surface area (Å²) in [6.45, 7) is 0.970. The highest BCUT2D eigenvalue weighted by Gasteiger charge is 2.27. The van der Waals surface area contributed by atoms with Gasteiger partial charge in [-0.3, -0.25) is 0 Å². The molecule has 1 aromatic rings. The average Bonchev–Trinajstić information content (AvgIpc) is 2.39. The van der Waals surface area contributed by atoms with Crippen LogP contribution >= 0.6 is 11.6 Å². The molecule has 1 aromatic heterocycles. The number of alkyl halides is 2. The average molecular weight is 233 g/mol. The molecular formula is C10H11ClF2N2. The standard InChI is InChI=1S/C10H11ClF2N2/c11-8-2-1-6-3-4-14-5-7(10(12)13)9(6)15-8/h1-2,7,10,14H,3-5H2. The van der Waals surface area contributed by atoms with Crippen LogP contribution in [-0.2, 0) is 6.42 Å². The van der Waals surface area contributed by atoms with E-state index in [-0.39, 0.29) is 11.7 Å². The van der Waals surface area contributed by atoms with E-state index < -0.39 is 12.3 Å². The minimum absolute atomic E-state index is 0.262. The van der Waals surface area contributed by atoms with Crippen LogP contribution in [0.15, 0.2) is 12.1 Å². The summed E-state index contributed by atoms with van der Waals surface area (Å²) in [6, 6.07) is 3.43. The zero-order valence-electron chi connectivity index (χ0n) is 8.01. The van der Waals surface area contributed by atoms with E-state index in [1.807, 2.05) is 0 Å². The van der Waals surface area contributed by atoms with Crippen LogP contribution in [0.1, 0.15) is 17.2 Å². The highest BCUT2D eigenvalue weighted by atomic mass is 35.5. The number of fused-ring (bicyclic) bond motifs is 1. The Kier molecular flexibility index (Phi) is 3.17. The van der Waals surface area contributed by atoms with Gasteiger partial charge in [-0.05, 0) is 24.6 Å². The zero-order valence-corrected chi connectivity index (χ0v) is 8.77. The van der Waals surface area contributed by atoms with Crippen LogP contribution in [0.5, 0.6) is 0 Å². The molecule has 0 saturated heterocycles. The minimum atomic E-state index is -2.40. The van der Waals surface area contributed by atoms with E-state index >= 15 is 0 Å². The lowest BCUT2D eigenvalue weighted by Gasteiger charge is -2.15. The van der Waals surface area contributed by atoms with Gasteiger partial charge in [0.15, 0.2) is 0 Å². The maximum absolute atomic E-state index is 12.8. The summed E-state index contributed by atoms with van der Waals surface area (Å²) in [5.74, 6) is -0.846. The predicted octanol–water partition coefficient (Wildman–Crippen LogP) is 2.23. The quantitative estimate of drug-likeness (QED) is 0.752. The second-order valence-electron chi connectivity index (χ2n) is 3.57. The highest BCUT2D eigenvalue weighted by Crippen LogP contribution is 2.27. The Balaban J connectivity index is 2.42. The first kappa shape index (κ1) is 10.8. The van der Waals surface area contributed by atoms with E-state index in [2.05, 4.69) is 10.3 Å². The Morgan fingerprint density at radius 2 is 2.27 bits per heavy atom. The summed E-state index contributed by atoms with van der Waals surface area (Å²) in [5.41, 5.74) is 1.32. The van der Waals surface area contributed by atoms with Crippen LogP contribution in [0.3, 0.4) is 0 Å². The highest BCUT2D eigenvalue weighted by molar-refractivity contribution is 6.29. The SMILES string of the molecule is FC(F)C1CNCCc2ccc(Cl)nc21. The molecule has 5 heteroatoms. The molecule has 2 heterocycles. The summed E-state index contributed by atoms with van der Waals surface area (Å²) in [7, 11) is 0. The normalized spacial score (nSPS) is 21.2. The lowest BCUT2D eigenvalue weighted by atomic mass is 10.0. The van der Waals surface area contributed by atoms with E-state index in [9.17, 15) is 8.78 Å². The van der Waals surface area contributed by atoms with Gasteiger partial charge in [-0.25, -0.2) is 13.8 Å². The number of pyridine rings is 1. The molecule has 0 saturated carbocycles. The number of aromatic nitrogens is 1. The molecule has 15 heavy (non-hydrogen) atoms. The Labute approximate surface area is 91.7 Å². The van der Waals surface area contributed by atoms with Crippen molar-refractivity contribution < 1.29 is 8.78 Å². The van der Waals surface area contributed by atoms with Gasteiger partial charge in [-0.2, -0.15) is 0 Å². The fourth-order valence-corrected chi connectivity index (χ4v) is 1.95. The van der Waals surface area contributed by atoms with Crippen LogP contribution in [-0.4, -0.2) is 24.5 Å². The lowest BCUT2D eigenvalue weighted by Crippen LogP contribution is -2.24. The zero-order chi connectivity index (χ0) is 10.8. The van der Waals surface area contributed by atoms with E-state index in [4.69, 9.17) is 11.6 Å². The molecule has 0 aliphatic carbocycles. The maximum atomic E-state index is 12.8. The van der Waals surface area contributed by atoms with E-state index in [1.54, 1.807) is 12.1 Å². The molecule has 1 aliphatic heterocycles. The predicted molar refractivity (Wildman–Crippen MR) is 54.6 cm³/mol. The molecule has 2 nitrogen and oxygen atoms in total. The van der Waals surface area contributed by atoms with Crippen molar-refractivity contribution in [3.8, 4) is 0 Å². The number of rotatable bonds is 1. The summed E-state index contributed by atoms with van der Waals surface area (Å²) in [6.07, 6.45) is -1.68. The van der Waals surface area contributed by atoms with Crippen LogP contribution in [0.4, 0.5) is 8.78 Å². The van der Waals surface area contributed by atoms with Gasteiger partial charge < -0.3 is 5.32 Å². The summed E-state index contributed by atoms with van der Waals surface area (Å²) in [4.78, 5) is 4.02. The molecule has 0 aromatic carbocycles. The number of halogens is 3. The number of nitrogens with zero attached hydrogens (tertiary/aromatic N) is 1. The Morgan fingerprint density at radius 1 is 1.47 bits per heavy atom. The molecule has 1 unspecified atom stereocenters. The molecule has 0 spiro atoms. The van der Waals surface area contributed by atoms with Crippen molar-refractivity contribution >= 4 is 11.6 Å². The molecule has 1 N–H and O–H groups in total. The van der Waals surface area contributed by atoms with Crippen LogP contribution in [0.25, 0.3) is 0 Å². The minimum Gasteiger partial charge on any atom is -0.316 e. The fourth-order valence-electron chi connectivity index (χ4n) is 1.80. The molecule has 0 radical (unpaired) electrons. The van der Waals surface area contributed by atoms with E-state index in [0.29, 0.717) is 12.2 Å². The van der Waals surface area contributed by atoms with Crippen molar-refractivity contribution in [2.75, 3.05) is 13.1 Å². The van der Waals surface area contributed by atoms with Gasteiger partial charge in [0.1, 0.15) is 5.15 Å². The van der Waals surface area contributed by atoms with Gasteiger partial charge in [-0.15, -0.1) is 0 Å². The van der Waals surface area contributed by atoms with Crippen molar-refractivity contribution in [1.29, 1.82) is 0 Å². The third-order valence-electron chi connectivity index (χ3n) is 2.57. The number of hydrogen-bond acceptors (Lipinski definition) is 2. The Bertz CT molecular complexity index is 357. The largest absolute Gasteiger partial charge is 0.316 e. The smallest absolute Gasteiger partial charge is 0.248 e. The summed E-state index contributed by atoms with van der Waals surface area (Å²) in [5, 5.41) is 3.26. The van der Waals surface area contributed by atoms with Crippen molar-refractivity contribution in [1.82, 2.24) is 10.3 Å². The van der Waals surface area contributed by atoms with Gasteiger partial charge in [-0.1, -0.05) is 17.7 Å². The Morgan fingerprint density at radius 3 is 3.00 bits per heavy atom. The summed E-state index contributed by atoms with van der Waals surface area (Å²) >= 11 is 5.72. The topological polar surface area (TPSA) is 24.9 Å². The third-order valence-corrected chi connectivity index (χ3v) is 2.78. The molecule has 1 atom stereocenters. The van der Waals surface area contributed by atoms with Crippen LogP contribution < -0.4 is 5.32 Å². The molecule has 0 fully saturated rings. The first-order chi connectivity index (χ1) is 7.18. The fraction of sp³-hybridized carbons (Fsp3) is 0.500. The monoisotopic (exact) mass is 232 g/mol. The van der Waals surface area contributed by atoms with E-state index in [0.717, 1.165) is 12.0 Å². The van der Waals surface area contributed by atoms with Crippen molar-refractivity contribution in [3.63, 3.8) is 0 Å². The third kappa shape index (κ3) is 2.26. The van der Waals surface area contributed by atoms with Gasteiger partial charge >= 0.3 is 0 Å². The molecule has 82 valence electrons. The summed E-state index contributed by atoms with van der Waals surface area (Å²) < 4.78 is 25.6. The molecular weight excluding hydrogens is 222 g/mol. The number of hydrogen-bond donors (Lipinski definition) is 1. The molecule has 1 aliphatic rings. The van der Waals surface area contributed by atoms with Gasteiger partial charge in [0.2, 0.25) is 6.43 Å². The second kappa shape index (κ2) is 4.41. The molecule has 0 bridgehead atoms. The number of nitrogens with one attached hydrogen (secondary N) is 1. The lowest BCUT2D eigenvalue weighted by molar-refractivity contribution is 0.112.